The van der Waals surface area contributed by atoms with Crippen molar-refractivity contribution in [2.75, 3.05) is 26.7 Å². The third-order valence-electron chi connectivity index (χ3n) is 5.31. The third-order valence-corrected chi connectivity index (χ3v) is 5.31. The molecule has 4 amide bonds. The van der Waals surface area contributed by atoms with Crippen LogP contribution in [-0.4, -0.2) is 83.2 Å². The Bertz CT molecular complexity index is 605. The number of carbonyl (C=O) groups is 3. The molecule has 3 aliphatic heterocycles. The highest BCUT2D eigenvalue weighted by Crippen LogP contribution is 2.28. The van der Waals surface area contributed by atoms with Crippen molar-refractivity contribution in [1.82, 2.24) is 20.2 Å². The van der Waals surface area contributed by atoms with Crippen molar-refractivity contribution in [1.29, 1.82) is 0 Å². The summed E-state index contributed by atoms with van der Waals surface area (Å²) in [5.41, 5.74) is 1.97. The van der Waals surface area contributed by atoms with Crippen molar-refractivity contribution in [3.05, 3.63) is 0 Å². The second kappa shape index (κ2) is 7.53. The number of likely N-dealkylation sites (tertiary alicyclic amines) is 1. The first-order chi connectivity index (χ1) is 12.7. The van der Waals surface area contributed by atoms with Crippen LogP contribution in [0.15, 0.2) is 0 Å². The van der Waals surface area contributed by atoms with Crippen molar-refractivity contribution < 1.29 is 24.0 Å². The monoisotopic (exact) mass is 382 g/mol. The predicted molar refractivity (Wildman–Crippen MR) is 96.7 cm³/mol. The first-order valence-corrected chi connectivity index (χ1v) is 9.62. The van der Waals surface area contributed by atoms with Gasteiger partial charge in [0, 0.05) is 20.1 Å². The lowest BCUT2D eigenvalue weighted by molar-refractivity contribution is -0.146. The smallest absolute Gasteiger partial charge is 0.410 e. The van der Waals surface area contributed by atoms with Gasteiger partial charge in [0.25, 0.3) is 5.91 Å². The third kappa shape index (κ3) is 4.45. The van der Waals surface area contributed by atoms with Gasteiger partial charge in [0.2, 0.25) is 0 Å². The average molecular weight is 382 g/mol. The van der Waals surface area contributed by atoms with Crippen molar-refractivity contribution >= 4 is 18.0 Å². The highest BCUT2D eigenvalue weighted by molar-refractivity contribution is 5.88. The van der Waals surface area contributed by atoms with E-state index in [4.69, 9.17) is 9.57 Å². The molecular formula is C18H30N4O5. The summed E-state index contributed by atoms with van der Waals surface area (Å²) in [6.07, 6.45) is 2.31. The van der Waals surface area contributed by atoms with Crippen molar-refractivity contribution in [2.45, 2.75) is 70.2 Å². The van der Waals surface area contributed by atoms with Gasteiger partial charge in [-0.05, 0) is 46.5 Å². The molecule has 0 aromatic carbocycles. The number of urea groups is 1. The van der Waals surface area contributed by atoms with Gasteiger partial charge in [0.1, 0.15) is 17.7 Å². The Hall–Kier alpha value is -2.03. The minimum Gasteiger partial charge on any atom is -0.444 e. The quantitative estimate of drug-likeness (QED) is 0.744. The number of piperidine rings is 2. The van der Waals surface area contributed by atoms with Gasteiger partial charge in [-0.3, -0.25) is 9.63 Å². The standard InChI is InChI=1S/C18H30N4O5/c1-18(2,3)26-17(25)21-9-5-6-13(11-21)27-19-15(23)14-8-7-12-10-22(14)16(24)20(12)4/h12-14H,5-11H2,1-4H3,(H,19,23)/t12-,13-,14+/m1/s1. The Morgan fingerprint density at radius 2 is 1.89 bits per heavy atom. The topological polar surface area (TPSA) is 91.4 Å². The second-order valence-electron chi connectivity index (χ2n) is 8.57. The van der Waals surface area contributed by atoms with Gasteiger partial charge in [-0.2, -0.15) is 0 Å². The Labute approximate surface area is 159 Å². The van der Waals surface area contributed by atoms with Gasteiger partial charge in [-0.1, -0.05) is 0 Å². The fourth-order valence-corrected chi connectivity index (χ4v) is 3.85. The van der Waals surface area contributed by atoms with Gasteiger partial charge in [0.15, 0.2) is 0 Å². The lowest BCUT2D eigenvalue weighted by Gasteiger charge is -2.34. The normalized spacial score (nSPS) is 28.4. The molecule has 152 valence electrons. The molecule has 0 radical (unpaired) electrons. The number of likely N-dealkylation sites (N-methyl/N-ethyl adjacent to an activating group) is 1. The summed E-state index contributed by atoms with van der Waals surface area (Å²) < 4.78 is 5.40. The summed E-state index contributed by atoms with van der Waals surface area (Å²) in [4.78, 5) is 47.5. The Kier molecular flexibility index (Phi) is 5.50. The maximum atomic E-state index is 12.5. The fourth-order valence-electron chi connectivity index (χ4n) is 3.85. The van der Waals surface area contributed by atoms with Crippen LogP contribution in [0.3, 0.4) is 0 Å². The molecule has 3 rings (SSSR count). The van der Waals surface area contributed by atoms with E-state index in [1.165, 1.54) is 0 Å². The molecule has 0 saturated carbocycles. The molecule has 3 saturated heterocycles. The van der Waals surface area contributed by atoms with Gasteiger partial charge in [-0.15, -0.1) is 0 Å². The molecular weight excluding hydrogens is 352 g/mol. The molecule has 0 aliphatic carbocycles. The van der Waals surface area contributed by atoms with Crippen molar-refractivity contribution in [3.8, 4) is 0 Å². The van der Waals surface area contributed by atoms with Crippen LogP contribution in [0.25, 0.3) is 0 Å². The number of fused-ring (bicyclic) bond motifs is 2. The van der Waals surface area contributed by atoms with Gasteiger partial charge in [0.05, 0.1) is 12.6 Å². The van der Waals surface area contributed by atoms with E-state index in [2.05, 4.69) is 5.48 Å². The van der Waals surface area contributed by atoms with E-state index in [9.17, 15) is 14.4 Å². The molecule has 9 nitrogen and oxygen atoms in total. The van der Waals surface area contributed by atoms with Gasteiger partial charge < -0.3 is 19.4 Å². The minimum atomic E-state index is -0.548. The number of amides is 4. The molecule has 1 N–H and O–H groups in total. The van der Waals surface area contributed by atoms with Crippen molar-refractivity contribution in [2.24, 2.45) is 0 Å². The highest BCUT2D eigenvalue weighted by atomic mass is 16.7. The summed E-state index contributed by atoms with van der Waals surface area (Å²) in [5, 5.41) is 0. The zero-order valence-corrected chi connectivity index (χ0v) is 16.6. The first kappa shape index (κ1) is 19.7. The Morgan fingerprint density at radius 3 is 2.59 bits per heavy atom. The first-order valence-electron chi connectivity index (χ1n) is 9.62. The number of hydroxylamine groups is 1. The summed E-state index contributed by atoms with van der Waals surface area (Å²) >= 11 is 0. The predicted octanol–water partition coefficient (Wildman–Crippen LogP) is 1.33. The number of hydrogen-bond acceptors (Lipinski definition) is 5. The van der Waals surface area contributed by atoms with E-state index in [-0.39, 0.29) is 30.2 Å². The molecule has 3 atom stereocenters. The maximum Gasteiger partial charge on any atom is 0.410 e. The molecule has 3 aliphatic rings. The van der Waals surface area contributed by atoms with Crippen LogP contribution in [0.4, 0.5) is 9.59 Å². The summed E-state index contributed by atoms with van der Waals surface area (Å²) in [5.74, 6) is -0.300. The van der Waals surface area contributed by atoms with E-state index in [0.29, 0.717) is 26.1 Å². The van der Waals surface area contributed by atoms with Gasteiger partial charge >= 0.3 is 12.1 Å². The number of hydrogen-bond donors (Lipinski definition) is 1. The van der Waals surface area contributed by atoms with E-state index < -0.39 is 11.6 Å². The molecule has 2 bridgehead atoms. The highest BCUT2D eigenvalue weighted by Gasteiger charge is 2.45. The van der Waals surface area contributed by atoms with Crippen LogP contribution >= 0.6 is 0 Å². The molecule has 0 spiro atoms. The minimum absolute atomic E-state index is 0.105. The summed E-state index contributed by atoms with van der Waals surface area (Å²) in [6, 6.07) is -0.404. The van der Waals surface area contributed by atoms with Crippen LogP contribution in [0, 0.1) is 0 Å². The number of rotatable bonds is 3. The number of nitrogens with zero attached hydrogens (tertiary/aromatic N) is 3. The zero-order valence-electron chi connectivity index (χ0n) is 16.6. The zero-order chi connectivity index (χ0) is 19.8. The van der Waals surface area contributed by atoms with Crippen LogP contribution in [0.2, 0.25) is 0 Å². The molecule has 9 heteroatoms. The molecule has 0 aromatic rings. The lowest BCUT2D eigenvalue weighted by Crippen LogP contribution is -2.52. The Balaban J connectivity index is 1.49. The number of ether oxygens (including phenoxy) is 1. The Morgan fingerprint density at radius 1 is 1.15 bits per heavy atom. The van der Waals surface area contributed by atoms with E-state index in [1.54, 1.807) is 21.7 Å². The molecule has 3 heterocycles. The van der Waals surface area contributed by atoms with Crippen LogP contribution in [0.1, 0.15) is 46.5 Å². The number of carbonyl (C=O) groups excluding carboxylic acids is 3. The molecule has 0 unspecified atom stereocenters. The SMILES string of the molecule is CN1C(=O)N2C[C@H]1CC[C@H]2C(=O)NO[C@@H]1CCCN(C(=O)OC(C)(C)C)C1. The summed E-state index contributed by atoms with van der Waals surface area (Å²) in [7, 11) is 1.77. The fraction of sp³-hybridized carbons (Fsp3) is 0.833. The molecule has 3 fully saturated rings. The van der Waals surface area contributed by atoms with E-state index in [1.807, 2.05) is 20.8 Å². The van der Waals surface area contributed by atoms with Crippen LogP contribution < -0.4 is 5.48 Å². The second-order valence-corrected chi connectivity index (χ2v) is 8.57. The van der Waals surface area contributed by atoms with Crippen LogP contribution in [0.5, 0.6) is 0 Å². The van der Waals surface area contributed by atoms with Gasteiger partial charge in [-0.25, -0.2) is 15.1 Å². The lowest BCUT2D eigenvalue weighted by atomic mass is 10.0. The largest absolute Gasteiger partial charge is 0.444 e. The number of nitrogens with one attached hydrogen (secondary N) is 1. The van der Waals surface area contributed by atoms with E-state index >= 15 is 0 Å². The van der Waals surface area contributed by atoms with E-state index in [0.717, 1.165) is 19.3 Å². The molecule has 0 aromatic heterocycles. The average Bonchev–Trinajstić information content (AvgIpc) is 2.83. The van der Waals surface area contributed by atoms with Crippen LogP contribution in [-0.2, 0) is 14.4 Å². The summed E-state index contributed by atoms with van der Waals surface area (Å²) in [6.45, 7) is 7.05. The molecule has 27 heavy (non-hydrogen) atoms. The maximum absolute atomic E-state index is 12.5. The van der Waals surface area contributed by atoms with Crippen molar-refractivity contribution in [3.63, 3.8) is 0 Å².